The highest BCUT2D eigenvalue weighted by molar-refractivity contribution is 7.21. The Morgan fingerprint density at radius 1 is 1.50 bits per heavy atom. The molecule has 0 aliphatic heterocycles. The smallest absolute Gasteiger partial charge is 0.263 e. The minimum Gasteiger partial charge on any atom is -0.397 e. The zero-order valence-corrected chi connectivity index (χ0v) is 11.6. The van der Waals surface area contributed by atoms with E-state index in [1.165, 1.54) is 11.3 Å². The van der Waals surface area contributed by atoms with Gasteiger partial charge in [0.25, 0.3) is 5.91 Å². The zero-order valence-electron chi connectivity index (χ0n) is 10.8. The van der Waals surface area contributed by atoms with Gasteiger partial charge in [-0.25, -0.2) is 0 Å². The lowest BCUT2D eigenvalue weighted by Gasteiger charge is -2.02. The molecule has 0 spiro atoms. The van der Waals surface area contributed by atoms with Crippen molar-refractivity contribution in [2.45, 2.75) is 27.2 Å². The summed E-state index contributed by atoms with van der Waals surface area (Å²) in [5.41, 5.74) is 8.45. The number of fused-ring (bicyclic) bond motifs is 1. The molecular formula is C13H17N3OS. The van der Waals surface area contributed by atoms with E-state index in [0.29, 0.717) is 17.1 Å². The average Bonchev–Trinajstić information content (AvgIpc) is 2.63. The number of nitrogen functional groups attached to an aromatic ring is 1. The Hall–Kier alpha value is -1.62. The maximum absolute atomic E-state index is 12.0. The highest BCUT2D eigenvalue weighted by Crippen LogP contribution is 2.35. The van der Waals surface area contributed by atoms with Gasteiger partial charge in [0.05, 0.1) is 5.69 Å². The van der Waals surface area contributed by atoms with Gasteiger partial charge in [0.1, 0.15) is 4.88 Å². The molecule has 0 unspecified atom stereocenters. The standard InChI is InChI=1S/C13H17N3OS/c1-4-5-15-13(17)12-11(14)10-8(3)16-7(2)6-9(10)18-12/h6H,4-5,14H2,1-3H3,(H,15,17). The molecule has 2 aromatic heterocycles. The van der Waals surface area contributed by atoms with Crippen molar-refractivity contribution in [1.82, 2.24) is 10.3 Å². The van der Waals surface area contributed by atoms with Gasteiger partial charge in [-0.2, -0.15) is 0 Å². The molecule has 96 valence electrons. The fourth-order valence-corrected chi connectivity index (χ4v) is 3.15. The number of carbonyl (C=O) groups excluding carboxylic acids is 1. The van der Waals surface area contributed by atoms with Gasteiger partial charge in [0.2, 0.25) is 0 Å². The monoisotopic (exact) mass is 263 g/mol. The Morgan fingerprint density at radius 3 is 2.89 bits per heavy atom. The molecule has 0 saturated heterocycles. The van der Waals surface area contributed by atoms with Crippen molar-refractivity contribution in [2.24, 2.45) is 0 Å². The normalized spacial score (nSPS) is 10.8. The number of carbonyl (C=O) groups is 1. The lowest BCUT2D eigenvalue weighted by atomic mass is 10.2. The number of anilines is 1. The average molecular weight is 263 g/mol. The maximum Gasteiger partial charge on any atom is 0.263 e. The van der Waals surface area contributed by atoms with Crippen LogP contribution in [0.1, 0.15) is 34.4 Å². The van der Waals surface area contributed by atoms with Crippen molar-refractivity contribution in [3.8, 4) is 0 Å². The summed E-state index contributed by atoms with van der Waals surface area (Å²) in [6, 6.07) is 1.97. The third kappa shape index (κ3) is 2.18. The van der Waals surface area contributed by atoms with Crippen LogP contribution in [0.5, 0.6) is 0 Å². The van der Waals surface area contributed by atoms with Gasteiger partial charge in [-0.05, 0) is 26.3 Å². The molecule has 5 heteroatoms. The lowest BCUT2D eigenvalue weighted by Crippen LogP contribution is -2.23. The number of aromatic nitrogens is 1. The summed E-state index contributed by atoms with van der Waals surface area (Å²) in [6.07, 6.45) is 0.913. The van der Waals surface area contributed by atoms with E-state index in [9.17, 15) is 4.79 Å². The first-order valence-corrected chi connectivity index (χ1v) is 6.80. The maximum atomic E-state index is 12.0. The van der Waals surface area contributed by atoms with Crippen molar-refractivity contribution >= 4 is 33.0 Å². The second-order valence-electron chi connectivity index (χ2n) is 4.32. The van der Waals surface area contributed by atoms with Gasteiger partial charge in [0.15, 0.2) is 0 Å². The molecule has 0 aliphatic rings. The summed E-state index contributed by atoms with van der Waals surface area (Å²) in [6.45, 7) is 6.56. The van der Waals surface area contributed by atoms with Crippen LogP contribution in [0.3, 0.4) is 0 Å². The van der Waals surface area contributed by atoms with Crippen molar-refractivity contribution < 1.29 is 4.79 Å². The number of hydrogen-bond acceptors (Lipinski definition) is 4. The molecule has 0 saturated carbocycles. The molecule has 2 rings (SSSR count). The number of aryl methyl sites for hydroxylation is 2. The van der Waals surface area contributed by atoms with Crippen LogP contribution in [0.15, 0.2) is 6.07 Å². The second-order valence-corrected chi connectivity index (χ2v) is 5.38. The summed E-state index contributed by atoms with van der Waals surface area (Å²) in [5.74, 6) is -0.0902. The highest BCUT2D eigenvalue weighted by atomic mass is 32.1. The zero-order chi connectivity index (χ0) is 13.3. The van der Waals surface area contributed by atoms with E-state index in [0.717, 1.165) is 27.9 Å². The highest BCUT2D eigenvalue weighted by Gasteiger charge is 2.17. The number of pyridine rings is 1. The number of hydrogen-bond donors (Lipinski definition) is 2. The minimum atomic E-state index is -0.0902. The van der Waals surface area contributed by atoms with Gasteiger partial charge < -0.3 is 11.1 Å². The van der Waals surface area contributed by atoms with Gasteiger partial charge >= 0.3 is 0 Å². The van der Waals surface area contributed by atoms with E-state index in [-0.39, 0.29) is 5.91 Å². The molecule has 0 aromatic carbocycles. The molecule has 0 radical (unpaired) electrons. The van der Waals surface area contributed by atoms with Crippen LogP contribution in [0.25, 0.3) is 10.1 Å². The summed E-state index contributed by atoms with van der Waals surface area (Å²) >= 11 is 1.43. The van der Waals surface area contributed by atoms with Gasteiger partial charge in [-0.1, -0.05) is 6.92 Å². The van der Waals surface area contributed by atoms with Crippen molar-refractivity contribution in [3.63, 3.8) is 0 Å². The van der Waals surface area contributed by atoms with Crippen LogP contribution >= 0.6 is 11.3 Å². The van der Waals surface area contributed by atoms with Gasteiger partial charge in [0, 0.05) is 28.0 Å². The van der Waals surface area contributed by atoms with Crippen molar-refractivity contribution in [3.05, 3.63) is 22.3 Å². The number of nitrogens with two attached hydrogens (primary N) is 1. The molecule has 2 heterocycles. The van der Waals surface area contributed by atoms with E-state index in [4.69, 9.17) is 5.73 Å². The van der Waals surface area contributed by atoms with Crippen LogP contribution in [-0.4, -0.2) is 17.4 Å². The summed E-state index contributed by atoms with van der Waals surface area (Å²) < 4.78 is 1.03. The van der Waals surface area contributed by atoms with Crippen LogP contribution < -0.4 is 11.1 Å². The number of amides is 1. The Kier molecular flexibility index (Phi) is 3.52. The number of rotatable bonds is 3. The molecule has 0 aliphatic carbocycles. The molecule has 0 fully saturated rings. The largest absolute Gasteiger partial charge is 0.397 e. The predicted octanol–water partition coefficient (Wildman–Crippen LogP) is 2.64. The molecule has 3 N–H and O–H groups in total. The summed E-state index contributed by atoms with van der Waals surface area (Å²) in [5, 5.41) is 3.77. The summed E-state index contributed by atoms with van der Waals surface area (Å²) in [7, 11) is 0. The van der Waals surface area contributed by atoms with E-state index in [1.807, 2.05) is 26.8 Å². The van der Waals surface area contributed by atoms with E-state index in [1.54, 1.807) is 0 Å². The third-order valence-electron chi connectivity index (χ3n) is 2.76. The van der Waals surface area contributed by atoms with Gasteiger partial charge in [-0.15, -0.1) is 11.3 Å². The van der Waals surface area contributed by atoms with Crippen molar-refractivity contribution in [2.75, 3.05) is 12.3 Å². The first-order valence-electron chi connectivity index (χ1n) is 5.99. The molecule has 18 heavy (non-hydrogen) atoms. The molecule has 0 atom stereocenters. The number of thiophene rings is 1. The fourth-order valence-electron chi connectivity index (χ4n) is 1.97. The minimum absolute atomic E-state index is 0.0902. The Morgan fingerprint density at radius 2 is 2.22 bits per heavy atom. The van der Waals surface area contributed by atoms with E-state index in [2.05, 4.69) is 10.3 Å². The molecule has 4 nitrogen and oxygen atoms in total. The Balaban J connectivity index is 2.50. The van der Waals surface area contributed by atoms with Crippen LogP contribution in [0.4, 0.5) is 5.69 Å². The second kappa shape index (κ2) is 4.94. The van der Waals surface area contributed by atoms with Gasteiger partial charge in [-0.3, -0.25) is 9.78 Å². The molecule has 1 amide bonds. The van der Waals surface area contributed by atoms with E-state index >= 15 is 0 Å². The molecule has 0 bridgehead atoms. The number of nitrogens with zero attached hydrogens (tertiary/aromatic N) is 1. The summed E-state index contributed by atoms with van der Waals surface area (Å²) in [4.78, 5) is 17.0. The topological polar surface area (TPSA) is 68.0 Å². The van der Waals surface area contributed by atoms with Crippen LogP contribution in [0, 0.1) is 13.8 Å². The molecular weight excluding hydrogens is 246 g/mol. The molecule has 2 aromatic rings. The van der Waals surface area contributed by atoms with E-state index < -0.39 is 0 Å². The third-order valence-corrected chi connectivity index (χ3v) is 3.91. The van der Waals surface area contributed by atoms with Crippen LogP contribution in [0.2, 0.25) is 0 Å². The SMILES string of the molecule is CCCNC(=O)c1sc2cc(C)nc(C)c2c1N. The van der Waals surface area contributed by atoms with Crippen LogP contribution in [-0.2, 0) is 0 Å². The first kappa shape index (κ1) is 12.8. The first-order chi connectivity index (χ1) is 8.54. The Labute approximate surface area is 110 Å². The lowest BCUT2D eigenvalue weighted by molar-refractivity contribution is 0.0958. The fraction of sp³-hybridized carbons (Fsp3) is 0.385. The Bertz CT molecular complexity index is 604. The van der Waals surface area contributed by atoms with Crippen molar-refractivity contribution in [1.29, 1.82) is 0 Å². The predicted molar refractivity (Wildman–Crippen MR) is 76.1 cm³/mol. The number of nitrogens with one attached hydrogen (secondary N) is 1. The quantitative estimate of drug-likeness (QED) is 0.894.